The fourth-order valence-electron chi connectivity index (χ4n) is 3.25. The monoisotopic (exact) mass is 381 g/mol. The van der Waals surface area contributed by atoms with Gasteiger partial charge in [0.05, 0.1) is 17.9 Å². The van der Waals surface area contributed by atoms with Crippen molar-refractivity contribution in [2.24, 2.45) is 0 Å². The molecule has 0 saturated heterocycles. The summed E-state index contributed by atoms with van der Waals surface area (Å²) in [5.74, 6) is 0.531. The highest BCUT2D eigenvalue weighted by Crippen LogP contribution is 2.38. The topological polar surface area (TPSA) is 105 Å². The summed E-state index contributed by atoms with van der Waals surface area (Å²) >= 11 is 3.48. The van der Waals surface area contributed by atoms with Gasteiger partial charge in [-0.3, -0.25) is 14.4 Å². The Balaban J connectivity index is 2.05. The van der Waals surface area contributed by atoms with E-state index < -0.39 is 5.91 Å². The van der Waals surface area contributed by atoms with Gasteiger partial charge in [0.25, 0.3) is 5.91 Å². The summed E-state index contributed by atoms with van der Waals surface area (Å²) in [6.45, 7) is -0.0405. The lowest BCUT2D eigenvalue weighted by atomic mass is 9.87. The maximum Gasteiger partial charge on any atom is 0.262 e. The summed E-state index contributed by atoms with van der Waals surface area (Å²) in [5.41, 5.74) is 10.0. The second kappa shape index (κ2) is 6.76. The average Bonchev–Trinajstić information content (AvgIpc) is 2.92. The lowest BCUT2D eigenvalue weighted by Crippen LogP contribution is -2.27. The molecule has 8 heteroatoms. The second-order valence-corrected chi connectivity index (χ2v) is 6.79. The number of amides is 1. The molecule has 1 aliphatic carbocycles. The highest BCUT2D eigenvalue weighted by Gasteiger charge is 2.24. The van der Waals surface area contributed by atoms with Crippen LogP contribution in [0.15, 0.2) is 16.7 Å². The fourth-order valence-corrected chi connectivity index (χ4v) is 3.70. The van der Waals surface area contributed by atoms with Crippen LogP contribution in [0.5, 0.6) is 0 Å². The standard InChI is InChI=1S/C15H20BrN5O2/c16-10-6-11(17)15-19-14(18-7-12(22)20-23)13(21(15)8-10)9-4-2-1-3-5-9/h6,8-9,18,23H,1-5,7,17H2,(H,20,22). The van der Waals surface area contributed by atoms with Crippen molar-refractivity contribution < 1.29 is 10.0 Å². The van der Waals surface area contributed by atoms with Crippen LogP contribution in [0.2, 0.25) is 0 Å². The van der Waals surface area contributed by atoms with Crippen molar-refractivity contribution >= 4 is 39.0 Å². The van der Waals surface area contributed by atoms with Crippen LogP contribution in [0.4, 0.5) is 11.5 Å². The van der Waals surface area contributed by atoms with Gasteiger partial charge in [0.1, 0.15) is 5.82 Å². The molecule has 2 aromatic rings. The largest absolute Gasteiger partial charge is 0.396 e. The number of aromatic nitrogens is 2. The Bertz CT molecular complexity index is 724. The minimum atomic E-state index is -0.509. The molecule has 1 saturated carbocycles. The van der Waals surface area contributed by atoms with E-state index in [0.717, 1.165) is 23.0 Å². The summed E-state index contributed by atoms with van der Waals surface area (Å²) in [4.78, 5) is 15.9. The number of nitrogen functional groups attached to an aromatic ring is 1. The van der Waals surface area contributed by atoms with Gasteiger partial charge in [-0.25, -0.2) is 10.5 Å². The number of nitrogens with one attached hydrogen (secondary N) is 2. The zero-order valence-corrected chi connectivity index (χ0v) is 14.3. The van der Waals surface area contributed by atoms with E-state index in [0.29, 0.717) is 23.1 Å². The fraction of sp³-hybridized carbons (Fsp3) is 0.467. The Labute approximate surface area is 142 Å². The van der Waals surface area contributed by atoms with Crippen LogP contribution in [0.3, 0.4) is 0 Å². The first-order chi connectivity index (χ1) is 11.1. The molecular weight excluding hydrogens is 362 g/mol. The number of fused-ring (bicyclic) bond motifs is 1. The highest BCUT2D eigenvalue weighted by atomic mass is 79.9. The molecule has 1 aliphatic rings. The van der Waals surface area contributed by atoms with Crippen molar-refractivity contribution in [1.82, 2.24) is 14.9 Å². The molecule has 124 valence electrons. The van der Waals surface area contributed by atoms with Crippen LogP contribution in [-0.2, 0) is 4.79 Å². The molecular formula is C15H20BrN5O2. The molecule has 0 unspecified atom stereocenters. The van der Waals surface area contributed by atoms with Gasteiger partial charge in [0.15, 0.2) is 5.65 Å². The number of carbonyl (C=O) groups excluding carboxylic acids is 1. The Morgan fingerprint density at radius 3 is 2.87 bits per heavy atom. The smallest absolute Gasteiger partial charge is 0.262 e. The van der Waals surface area contributed by atoms with E-state index in [-0.39, 0.29) is 6.54 Å². The first-order valence-corrected chi connectivity index (χ1v) is 8.53. The van der Waals surface area contributed by atoms with E-state index in [4.69, 9.17) is 10.9 Å². The number of nitrogens with zero attached hydrogens (tertiary/aromatic N) is 2. The quantitative estimate of drug-likeness (QED) is 0.481. The van der Waals surface area contributed by atoms with Crippen LogP contribution in [0, 0.1) is 0 Å². The minimum Gasteiger partial charge on any atom is -0.396 e. The lowest BCUT2D eigenvalue weighted by Gasteiger charge is -2.22. The molecule has 7 nitrogen and oxygen atoms in total. The number of rotatable bonds is 4. The zero-order chi connectivity index (χ0) is 16.4. The van der Waals surface area contributed by atoms with Gasteiger partial charge in [-0.05, 0) is 34.8 Å². The molecule has 1 amide bonds. The van der Waals surface area contributed by atoms with E-state index in [1.54, 1.807) is 5.48 Å². The molecule has 0 aliphatic heterocycles. The maximum absolute atomic E-state index is 11.3. The van der Waals surface area contributed by atoms with E-state index in [1.165, 1.54) is 19.3 Å². The van der Waals surface area contributed by atoms with Crippen molar-refractivity contribution in [3.8, 4) is 0 Å². The van der Waals surface area contributed by atoms with Crippen LogP contribution in [-0.4, -0.2) is 27.0 Å². The SMILES string of the molecule is Nc1cc(Br)cn2c(C3CCCCC3)c(NCC(=O)NO)nc12. The number of halogens is 1. The van der Waals surface area contributed by atoms with Crippen molar-refractivity contribution in [2.75, 3.05) is 17.6 Å². The molecule has 23 heavy (non-hydrogen) atoms. The van der Waals surface area contributed by atoms with E-state index in [9.17, 15) is 4.79 Å². The van der Waals surface area contributed by atoms with E-state index in [1.807, 2.05) is 16.7 Å². The maximum atomic E-state index is 11.3. The van der Waals surface area contributed by atoms with E-state index >= 15 is 0 Å². The molecule has 3 rings (SSSR count). The van der Waals surface area contributed by atoms with Crippen LogP contribution in [0.25, 0.3) is 5.65 Å². The van der Waals surface area contributed by atoms with Crippen molar-refractivity contribution in [3.05, 3.63) is 22.4 Å². The summed E-state index contributed by atoms with van der Waals surface area (Å²) in [7, 11) is 0. The molecule has 0 bridgehead atoms. The molecule has 0 radical (unpaired) electrons. The first-order valence-electron chi connectivity index (χ1n) is 7.74. The molecule has 2 heterocycles. The molecule has 2 aromatic heterocycles. The minimum absolute atomic E-state index is 0.0405. The second-order valence-electron chi connectivity index (χ2n) is 5.88. The van der Waals surface area contributed by atoms with Crippen molar-refractivity contribution in [1.29, 1.82) is 0 Å². The van der Waals surface area contributed by atoms with Crippen LogP contribution < -0.4 is 16.5 Å². The Hall–Kier alpha value is -1.80. The molecule has 5 N–H and O–H groups in total. The van der Waals surface area contributed by atoms with Gasteiger partial charge in [-0.2, -0.15) is 0 Å². The van der Waals surface area contributed by atoms with E-state index in [2.05, 4.69) is 26.2 Å². The number of hydrogen-bond donors (Lipinski definition) is 4. The number of pyridine rings is 1. The predicted octanol–water partition coefficient (Wildman–Crippen LogP) is 2.64. The van der Waals surface area contributed by atoms with Gasteiger partial charge >= 0.3 is 0 Å². The van der Waals surface area contributed by atoms with Gasteiger partial charge in [-0.1, -0.05) is 19.3 Å². The van der Waals surface area contributed by atoms with Gasteiger partial charge < -0.3 is 11.1 Å². The van der Waals surface area contributed by atoms with Gasteiger partial charge in [-0.15, -0.1) is 0 Å². The van der Waals surface area contributed by atoms with Gasteiger partial charge in [0, 0.05) is 16.6 Å². The third-order valence-electron chi connectivity index (χ3n) is 4.29. The molecule has 0 atom stereocenters. The number of carbonyl (C=O) groups is 1. The Morgan fingerprint density at radius 2 is 2.17 bits per heavy atom. The number of hydroxylamine groups is 1. The van der Waals surface area contributed by atoms with Crippen molar-refractivity contribution in [2.45, 2.75) is 38.0 Å². The molecule has 1 fully saturated rings. The van der Waals surface area contributed by atoms with Gasteiger partial charge in [0.2, 0.25) is 0 Å². The third kappa shape index (κ3) is 3.28. The summed E-state index contributed by atoms with van der Waals surface area (Å²) in [5, 5.41) is 11.7. The Morgan fingerprint density at radius 1 is 1.43 bits per heavy atom. The number of imidazole rings is 1. The predicted molar refractivity (Wildman–Crippen MR) is 91.5 cm³/mol. The summed E-state index contributed by atoms with van der Waals surface area (Å²) in [6, 6.07) is 1.82. The zero-order valence-electron chi connectivity index (χ0n) is 12.7. The highest BCUT2D eigenvalue weighted by molar-refractivity contribution is 9.10. The van der Waals surface area contributed by atoms with Crippen molar-refractivity contribution in [3.63, 3.8) is 0 Å². The molecule has 0 aromatic carbocycles. The molecule has 0 spiro atoms. The average molecular weight is 382 g/mol. The lowest BCUT2D eigenvalue weighted by molar-refractivity contribution is -0.127. The number of anilines is 2. The Kier molecular flexibility index (Phi) is 4.72. The number of nitrogens with two attached hydrogens (primary N) is 1. The summed E-state index contributed by atoms with van der Waals surface area (Å²) < 4.78 is 2.89. The first kappa shape index (κ1) is 16.1. The normalized spacial score (nSPS) is 15.7. The van der Waals surface area contributed by atoms with Crippen LogP contribution >= 0.6 is 15.9 Å². The van der Waals surface area contributed by atoms with Crippen LogP contribution in [0.1, 0.15) is 43.7 Å². The third-order valence-corrected chi connectivity index (χ3v) is 4.72. The summed E-state index contributed by atoms with van der Waals surface area (Å²) in [6.07, 6.45) is 7.80. The number of hydrogen-bond acceptors (Lipinski definition) is 5.